The van der Waals surface area contributed by atoms with Gasteiger partial charge in [-0.25, -0.2) is 0 Å². The van der Waals surface area contributed by atoms with Crippen molar-refractivity contribution in [1.29, 1.82) is 0 Å². The van der Waals surface area contributed by atoms with Gasteiger partial charge in [0, 0.05) is 21.7 Å². The number of furan rings is 1. The number of hydrogen-bond donors (Lipinski definition) is 0. The van der Waals surface area contributed by atoms with Crippen LogP contribution in [0.3, 0.4) is 0 Å². The van der Waals surface area contributed by atoms with E-state index >= 15 is 0 Å². The molecule has 0 amide bonds. The minimum atomic E-state index is 0.849. The fourth-order valence-electron chi connectivity index (χ4n) is 2.39. The van der Waals surface area contributed by atoms with E-state index in [1.165, 1.54) is 0 Å². The van der Waals surface area contributed by atoms with Crippen LogP contribution in [0.4, 0.5) is 0 Å². The molecule has 0 aliphatic carbocycles. The van der Waals surface area contributed by atoms with Crippen LogP contribution in [0.2, 0.25) is 0 Å². The molecule has 0 spiro atoms. The molecule has 0 bridgehead atoms. The second kappa shape index (κ2) is 3.92. The van der Waals surface area contributed by atoms with Gasteiger partial charge in [-0.1, -0.05) is 42.5 Å². The Kier molecular flexibility index (Phi) is 2.12. The van der Waals surface area contributed by atoms with Crippen LogP contribution in [0.5, 0.6) is 0 Å². The van der Waals surface area contributed by atoms with E-state index in [0.29, 0.717) is 0 Å². The fourth-order valence-corrected chi connectivity index (χ4v) is 2.39. The molecule has 0 N–H and O–H groups in total. The molecular formula is C16H10N2O. The highest BCUT2D eigenvalue weighted by atomic mass is 16.3. The Labute approximate surface area is 109 Å². The molecular weight excluding hydrogens is 236 g/mol. The Morgan fingerprint density at radius 3 is 2.58 bits per heavy atom. The number of nitrogens with zero attached hydrogens (tertiary/aromatic N) is 2. The molecule has 90 valence electrons. The van der Waals surface area contributed by atoms with Crippen LogP contribution < -0.4 is 0 Å². The number of fused-ring (bicyclic) bond motifs is 2. The Morgan fingerprint density at radius 1 is 0.842 bits per heavy atom. The molecule has 4 rings (SSSR count). The highest BCUT2D eigenvalue weighted by Gasteiger charge is 2.12. The van der Waals surface area contributed by atoms with Gasteiger partial charge in [-0.2, -0.15) is 10.2 Å². The maximum atomic E-state index is 5.74. The molecule has 2 heterocycles. The van der Waals surface area contributed by atoms with Crippen LogP contribution in [0.1, 0.15) is 0 Å². The van der Waals surface area contributed by atoms with Crippen molar-refractivity contribution in [2.24, 2.45) is 0 Å². The minimum Gasteiger partial charge on any atom is -0.463 e. The monoisotopic (exact) mass is 246 g/mol. The third-order valence-electron chi connectivity index (χ3n) is 3.30. The smallest absolute Gasteiger partial charge is 0.144 e. The average Bonchev–Trinajstić information content (AvgIpc) is 2.90. The molecule has 0 saturated carbocycles. The summed E-state index contributed by atoms with van der Waals surface area (Å²) in [7, 11) is 0. The lowest BCUT2D eigenvalue weighted by atomic mass is 10.1. The van der Waals surface area contributed by atoms with Gasteiger partial charge in [0.25, 0.3) is 0 Å². The molecule has 0 fully saturated rings. The molecule has 0 saturated heterocycles. The van der Waals surface area contributed by atoms with Crippen molar-refractivity contribution in [2.45, 2.75) is 0 Å². The van der Waals surface area contributed by atoms with Gasteiger partial charge in [0.2, 0.25) is 0 Å². The Hall–Kier alpha value is -2.68. The molecule has 0 atom stereocenters. The highest BCUT2D eigenvalue weighted by molar-refractivity contribution is 6.01. The second-order valence-corrected chi connectivity index (χ2v) is 4.43. The van der Waals surface area contributed by atoms with Crippen molar-refractivity contribution in [3.63, 3.8) is 0 Å². The van der Waals surface area contributed by atoms with Gasteiger partial charge in [-0.05, 0) is 6.07 Å². The molecule has 4 aromatic rings. The maximum Gasteiger partial charge on any atom is 0.144 e. The van der Waals surface area contributed by atoms with Crippen LogP contribution in [-0.4, -0.2) is 10.2 Å². The zero-order valence-corrected chi connectivity index (χ0v) is 10.1. The third kappa shape index (κ3) is 1.52. The summed E-state index contributed by atoms with van der Waals surface area (Å²) in [5, 5.41) is 11.5. The van der Waals surface area contributed by atoms with Crippen LogP contribution in [0, 0.1) is 0 Å². The van der Waals surface area contributed by atoms with Gasteiger partial charge < -0.3 is 4.42 Å². The van der Waals surface area contributed by atoms with E-state index in [2.05, 4.69) is 16.3 Å². The summed E-state index contributed by atoms with van der Waals surface area (Å²) in [6.45, 7) is 0. The summed E-state index contributed by atoms with van der Waals surface area (Å²) >= 11 is 0. The molecule has 0 unspecified atom stereocenters. The quantitative estimate of drug-likeness (QED) is 0.508. The Morgan fingerprint density at radius 2 is 1.63 bits per heavy atom. The predicted molar refractivity (Wildman–Crippen MR) is 74.7 cm³/mol. The first-order chi connectivity index (χ1) is 9.43. The van der Waals surface area contributed by atoms with Crippen LogP contribution in [0.15, 0.2) is 65.4 Å². The fraction of sp³-hybridized carbons (Fsp3) is 0. The second-order valence-electron chi connectivity index (χ2n) is 4.43. The Bertz CT molecular complexity index is 875. The lowest BCUT2D eigenvalue weighted by molar-refractivity contribution is 0.587. The minimum absolute atomic E-state index is 0.849. The van der Waals surface area contributed by atoms with Crippen molar-refractivity contribution in [3.05, 3.63) is 61.0 Å². The SMILES string of the molecule is c1ccc2c(-c3cnnc4ccccc34)occ2c1. The van der Waals surface area contributed by atoms with E-state index < -0.39 is 0 Å². The molecule has 3 heteroatoms. The summed E-state index contributed by atoms with van der Waals surface area (Å²) in [6, 6.07) is 16.1. The van der Waals surface area contributed by atoms with Crippen molar-refractivity contribution in [1.82, 2.24) is 10.2 Å². The van der Waals surface area contributed by atoms with E-state index in [0.717, 1.165) is 33.0 Å². The normalized spacial score (nSPS) is 11.2. The lowest BCUT2D eigenvalue weighted by Crippen LogP contribution is -1.86. The Balaban J connectivity index is 2.10. The molecule has 0 aliphatic rings. The third-order valence-corrected chi connectivity index (χ3v) is 3.30. The van der Waals surface area contributed by atoms with Crippen molar-refractivity contribution < 1.29 is 4.42 Å². The number of hydrogen-bond acceptors (Lipinski definition) is 3. The summed E-state index contributed by atoms with van der Waals surface area (Å²) < 4.78 is 5.74. The van der Waals surface area contributed by atoms with Crippen LogP contribution >= 0.6 is 0 Å². The van der Waals surface area contributed by atoms with E-state index in [1.54, 1.807) is 12.5 Å². The highest BCUT2D eigenvalue weighted by Crippen LogP contribution is 2.33. The van der Waals surface area contributed by atoms with Gasteiger partial charge in [0.15, 0.2) is 0 Å². The molecule has 2 aromatic heterocycles. The first kappa shape index (κ1) is 10.3. The zero-order chi connectivity index (χ0) is 12.7. The molecule has 19 heavy (non-hydrogen) atoms. The van der Waals surface area contributed by atoms with Gasteiger partial charge in [-0.15, -0.1) is 0 Å². The van der Waals surface area contributed by atoms with Gasteiger partial charge in [-0.3, -0.25) is 0 Å². The van der Waals surface area contributed by atoms with Crippen LogP contribution in [-0.2, 0) is 0 Å². The standard InChI is InChI=1S/C16H10N2O/c1-2-6-12-11(5-1)10-19-16(12)14-9-17-18-15-8-4-3-7-13(14)15/h1-10H. The van der Waals surface area contributed by atoms with Crippen molar-refractivity contribution >= 4 is 21.7 Å². The summed E-state index contributed by atoms with van der Waals surface area (Å²) in [6.07, 6.45) is 3.54. The van der Waals surface area contributed by atoms with Crippen molar-refractivity contribution in [3.8, 4) is 11.3 Å². The zero-order valence-electron chi connectivity index (χ0n) is 10.1. The number of benzene rings is 2. The van der Waals surface area contributed by atoms with E-state index in [-0.39, 0.29) is 0 Å². The maximum absolute atomic E-state index is 5.74. The first-order valence-corrected chi connectivity index (χ1v) is 6.10. The van der Waals surface area contributed by atoms with Crippen LogP contribution in [0.25, 0.3) is 33.0 Å². The van der Waals surface area contributed by atoms with E-state index in [4.69, 9.17) is 4.42 Å². The summed E-state index contributed by atoms with van der Waals surface area (Å²) in [4.78, 5) is 0. The van der Waals surface area contributed by atoms with E-state index in [1.807, 2.05) is 42.5 Å². The largest absolute Gasteiger partial charge is 0.463 e. The predicted octanol–water partition coefficient (Wildman–Crippen LogP) is 4.04. The molecule has 0 aliphatic heterocycles. The van der Waals surface area contributed by atoms with Gasteiger partial charge >= 0.3 is 0 Å². The molecule has 0 radical (unpaired) electrons. The number of rotatable bonds is 1. The average molecular weight is 246 g/mol. The topological polar surface area (TPSA) is 38.9 Å². The summed E-state index contributed by atoms with van der Waals surface area (Å²) in [5.41, 5.74) is 1.85. The van der Waals surface area contributed by atoms with E-state index in [9.17, 15) is 0 Å². The van der Waals surface area contributed by atoms with Crippen molar-refractivity contribution in [2.75, 3.05) is 0 Å². The number of aromatic nitrogens is 2. The lowest BCUT2D eigenvalue weighted by Gasteiger charge is -2.02. The van der Waals surface area contributed by atoms with Gasteiger partial charge in [0.05, 0.1) is 18.0 Å². The molecule has 2 aromatic carbocycles. The summed E-state index contributed by atoms with van der Waals surface area (Å²) in [5.74, 6) is 0.849. The first-order valence-electron chi connectivity index (χ1n) is 6.10. The molecule has 3 nitrogen and oxygen atoms in total. The van der Waals surface area contributed by atoms with Gasteiger partial charge in [0.1, 0.15) is 5.76 Å².